The lowest BCUT2D eigenvalue weighted by atomic mass is 10.2. The smallest absolute Gasteiger partial charge is 0.368 e. The third kappa shape index (κ3) is 2.16. The van der Waals surface area contributed by atoms with Crippen molar-refractivity contribution in [3.8, 4) is 5.69 Å². The van der Waals surface area contributed by atoms with E-state index >= 15 is 0 Å². The number of halogens is 3. The molecule has 1 heterocycles. The van der Waals surface area contributed by atoms with Gasteiger partial charge in [0.25, 0.3) is 0 Å². The van der Waals surface area contributed by atoms with Gasteiger partial charge in [-0.05, 0) is 36.5 Å². The van der Waals surface area contributed by atoms with Gasteiger partial charge in [-0.15, -0.1) is 5.10 Å². The first kappa shape index (κ1) is 11.6. The molecule has 0 spiro atoms. The van der Waals surface area contributed by atoms with Crippen LogP contribution in [0.4, 0.5) is 19.1 Å². The number of anilines is 1. The minimum Gasteiger partial charge on any atom is -0.368 e. The number of rotatable bonds is 1. The van der Waals surface area contributed by atoms with E-state index in [0.29, 0.717) is 5.69 Å². The molecule has 0 fully saturated rings. The molecule has 1 aromatic heterocycles. The standard InChI is InChI=1S/C9H7F3N4S/c10-9(11,12)5-1-3-6(4-2-5)16-7(13)14-15-8(16)17/h1-4H,(H2,13,14)(H,15,17). The maximum Gasteiger partial charge on any atom is 0.416 e. The zero-order valence-corrected chi connectivity index (χ0v) is 9.14. The first-order chi connectivity index (χ1) is 7.89. The van der Waals surface area contributed by atoms with Crippen LogP contribution in [0, 0.1) is 4.77 Å². The van der Waals surface area contributed by atoms with Crippen molar-refractivity contribution in [2.24, 2.45) is 0 Å². The number of nitrogens with one attached hydrogen (secondary N) is 1. The van der Waals surface area contributed by atoms with Crippen molar-refractivity contribution >= 4 is 18.2 Å². The summed E-state index contributed by atoms with van der Waals surface area (Å²) in [6.45, 7) is 0. The average molecular weight is 260 g/mol. The lowest BCUT2D eigenvalue weighted by molar-refractivity contribution is -0.137. The largest absolute Gasteiger partial charge is 0.416 e. The van der Waals surface area contributed by atoms with Crippen molar-refractivity contribution < 1.29 is 13.2 Å². The van der Waals surface area contributed by atoms with Crippen LogP contribution in [0.5, 0.6) is 0 Å². The molecule has 0 aliphatic carbocycles. The van der Waals surface area contributed by atoms with Crippen LogP contribution in [-0.4, -0.2) is 14.8 Å². The molecule has 2 rings (SSSR count). The molecule has 2 aromatic rings. The zero-order valence-electron chi connectivity index (χ0n) is 8.32. The van der Waals surface area contributed by atoms with E-state index in [9.17, 15) is 13.2 Å². The van der Waals surface area contributed by atoms with E-state index in [-0.39, 0.29) is 10.7 Å². The highest BCUT2D eigenvalue weighted by molar-refractivity contribution is 7.71. The Morgan fingerprint density at radius 1 is 1.24 bits per heavy atom. The number of nitrogen functional groups attached to an aromatic ring is 1. The van der Waals surface area contributed by atoms with Crippen LogP contribution in [0.3, 0.4) is 0 Å². The molecule has 0 atom stereocenters. The molecule has 0 aliphatic rings. The van der Waals surface area contributed by atoms with Crippen molar-refractivity contribution in [1.82, 2.24) is 14.8 Å². The van der Waals surface area contributed by atoms with Crippen molar-refractivity contribution in [3.05, 3.63) is 34.6 Å². The van der Waals surface area contributed by atoms with Crippen LogP contribution in [-0.2, 0) is 6.18 Å². The number of aromatic nitrogens is 3. The molecule has 4 nitrogen and oxygen atoms in total. The topological polar surface area (TPSA) is 59.6 Å². The average Bonchev–Trinajstić information content (AvgIpc) is 2.58. The summed E-state index contributed by atoms with van der Waals surface area (Å²) in [5, 5.41) is 6.11. The molecule has 0 bridgehead atoms. The Labute approximate surface area is 98.9 Å². The fourth-order valence-corrected chi connectivity index (χ4v) is 1.60. The number of nitrogens with zero attached hydrogens (tertiary/aromatic N) is 2. The zero-order chi connectivity index (χ0) is 12.6. The van der Waals surface area contributed by atoms with E-state index in [0.717, 1.165) is 12.1 Å². The van der Waals surface area contributed by atoms with E-state index in [1.54, 1.807) is 0 Å². The van der Waals surface area contributed by atoms with Crippen LogP contribution >= 0.6 is 12.2 Å². The van der Waals surface area contributed by atoms with Crippen LogP contribution in [0.15, 0.2) is 24.3 Å². The lowest BCUT2D eigenvalue weighted by Crippen LogP contribution is -2.06. The quantitative estimate of drug-likeness (QED) is 0.774. The molecule has 90 valence electrons. The van der Waals surface area contributed by atoms with Crippen molar-refractivity contribution in [1.29, 1.82) is 0 Å². The molecular weight excluding hydrogens is 253 g/mol. The Morgan fingerprint density at radius 2 is 1.82 bits per heavy atom. The number of hydrogen-bond donors (Lipinski definition) is 2. The van der Waals surface area contributed by atoms with Gasteiger partial charge in [-0.1, -0.05) is 0 Å². The summed E-state index contributed by atoms with van der Waals surface area (Å²) >= 11 is 4.90. The van der Waals surface area contributed by atoms with Gasteiger partial charge in [0.15, 0.2) is 0 Å². The Balaban J connectivity index is 2.47. The van der Waals surface area contributed by atoms with E-state index < -0.39 is 11.7 Å². The highest BCUT2D eigenvalue weighted by Crippen LogP contribution is 2.29. The number of benzene rings is 1. The highest BCUT2D eigenvalue weighted by Gasteiger charge is 2.30. The van der Waals surface area contributed by atoms with Gasteiger partial charge in [-0.25, -0.2) is 5.10 Å². The SMILES string of the molecule is Nc1n[nH]c(=S)n1-c1ccc(C(F)(F)F)cc1. The van der Waals surface area contributed by atoms with Crippen LogP contribution < -0.4 is 5.73 Å². The van der Waals surface area contributed by atoms with Gasteiger partial charge in [-0.3, -0.25) is 4.57 Å². The van der Waals surface area contributed by atoms with Gasteiger partial charge < -0.3 is 5.73 Å². The summed E-state index contributed by atoms with van der Waals surface area (Å²) in [5.74, 6) is 0.0924. The first-order valence-electron chi connectivity index (χ1n) is 4.50. The second-order valence-corrected chi connectivity index (χ2v) is 3.65. The fraction of sp³-hybridized carbons (Fsp3) is 0.111. The minimum absolute atomic E-state index is 0.0924. The molecule has 0 saturated carbocycles. The summed E-state index contributed by atoms with van der Waals surface area (Å²) in [7, 11) is 0. The number of H-pyrrole nitrogens is 1. The van der Waals surface area contributed by atoms with Gasteiger partial charge in [0.2, 0.25) is 10.7 Å². The molecule has 17 heavy (non-hydrogen) atoms. The number of nitrogens with two attached hydrogens (primary N) is 1. The van der Waals surface area contributed by atoms with Gasteiger partial charge in [0.05, 0.1) is 11.3 Å². The van der Waals surface area contributed by atoms with E-state index in [1.165, 1.54) is 16.7 Å². The lowest BCUT2D eigenvalue weighted by Gasteiger charge is -2.08. The summed E-state index contributed by atoms with van der Waals surface area (Å²) in [6.07, 6.45) is -4.36. The molecule has 3 N–H and O–H groups in total. The Hall–Kier alpha value is -1.83. The minimum atomic E-state index is -4.36. The van der Waals surface area contributed by atoms with Crippen molar-refractivity contribution in [2.45, 2.75) is 6.18 Å². The summed E-state index contributed by atoms with van der Waals surface area (Å²) in [5.41, 5.74) is 5.23. The number of hydrogen-bond acceptors (Lipinski definition) is 3. The summed E-state index contributed by atoms with van der Waals surface area (Å²) in [4.78, 5) is 0. The number of alkyl halides is 3. The molecule has 1 aromatic carbocycles. The molecule has 0 unspecified atom stereocenters. The third-order valence-corrected chi connectivity index (χ3v) is 2.42. The Kier molecular flexibility index (Phi) is 2.66. The van der Waals surface area contributed by atoms with E-state index in [2.05, 4.69) is 10.2 Å². The third-order valence-electron chi connectivity index (χ3n) is 2.15. The molecule has 0 saturated heterocycles. The first-order valence-corrected chi connectivity index (χ1v) is 4.91. The number of aromatic amines is 1. The predicted molar refractivity (Wildman–Crippen MR) is 58.2 cm³/mol. The van der Waals surface area contributed by atoms with Crippen LogP contribution in [0.2, 0.25) is 0 Å². The van der Waals surface area contributed by atoms with Gasteiger partial charge >= 0.3 is 6.18 Å². The second-order valence-electron chi connectivity index (χ2n) is 3.27. The van der Waals surface area contributed by atoms with Crippen molar-refractivity contribution in [2.75, 3.05) is 5.73 Å². The molecule has 8 heteroatoms. The highest BCUT2D eigenvalue weighted by atomic mass is 32.1. The van der Waals surface area contributed by atoms with Gasteiger partial charge in [-0.2, -0.15) is 13.2 Å². The molecular formula is C9H7F3N4S. The summed E-state index contributed by atoms with van der Waals surface area (Å²) < 4.78 is 38.6. The normalized spacial score (nSPS) is 11.7. The molecule has 0 amide bonds. The molecule has 0 radical (unpaired) electrons. The monoisotopic (exact) mass is 260 g/mol. The second kappa shape index (κ2) is 3.88. The van der Waals surface area contributed by atoms with Crippen molar-refractivity contribution in [3.63, 3.8) is 0 Å². The van der Waals surface area contributed by atoms with Crippen LogP contribution in [0.25, 0.3) is 5.69 Å². The van der Waals surface area contributed by atoms with Crippen LogP contribution in [0.1, 0.15) is 5.56 Å². The maximum atomic E-state index is 12.4. The summed E-state index contributed by atoms with van der Waals surface area (Å²) in [6, 6.07) is 4.49. The van der Waals surface area contributed by atoms with E-state index in [4.69, 9.17) is 18.0 Å². The Bertz CT molecular complexity index is 582. The Morgan fingerprint density at radius 3 is 2.24 bits per heavy atom. The van der Waals surface area contributed by atoms with E-state index in [1.807, 2.05) is 0 Å². The molecule has 0 aliphatic heterocycles. The van der Waals surface area contributed by atoms with Gasteiger partial charge in [0.1, 0.15) is 0 Å². The maximum absolute atomic E-state index is 12.4. The predicted octanol–water partition coefficient (Wildman–Crippen LogP) is 2.53. The van der Waals surface area contributed by atoms with Gasteiger partial charge in [0, 0.05) is 0 Å². The fourth-order valence-electron chi connectivity index (χ4n) is 1.36.